The highest BCUT2D eigenvalue weighted by molar-refractivity contribution is 7.27. The van der Waals surface area contributed by atoms with Crippen molar-refractivity contribution in [3.05, 3.63) is 13.7 Å². The first-order valence-corrected chi connectivity index (χ1v) is 6.13. The molecular weight excluding hydrogens is 202 g/mol. The Morgan fingerprint density at radius 1 is 1.08 bits per heavy atom. The summed E-state index contributed by atoms with van der Waals surface area (Å²) in [5.74, 6) is 0. The standard InChI is InChI=1S/C9H14NOS2/c1-7-8(2)13-9(12-7)10-3-5-11-6-4-10/h3-6H2,1-2H3/q+1. The zero-order valence-electron chi connectivity index (χ0n) is 8.00. The van der Waals surface area contributed by atoms with Crippen LogP contribution >= 0.6 is 22.7 Å². The third-order valence-electron chi connectivity index (χ3n) is 2.25. The predicted octanol–water partition coefficient (Wildman–Crippen LogP) is 1.23. The summed E-state index contributed by atoms with van der Waals surface area (Å²) in [6.07, 6.45) is 0. The van der Waals surface area contributed by atoms with Crippen LogP contribution in [0.15, 0.2) is 0 Å². The van der Waals surface area contributed by atoms with Crippen molar-refractivity contribution in [3.63, 3.8) is 0 Å². The van der Waals surface area contributed by atoms with E-state index in [1.165, 1.54) is 13.7 Å². The summed E-state index contributed by atoms with van der Waals surface area (Å²) < 4.78 is 9.20. The SMILES string of the molecule is Cc1sc(=[N+]2CCOCC2)sc1C. The molecule has 0 unspecified atom stereocenters. The van der Waals surface area contributed by atoms with Gasteiger partial charge in [0.2, 0.25) is 0 Å². The van der Waals surface area contributed by atoms with E-state index in [1.807, 2.05) is 22.7 Å². The van der Waals surface area contributed by atoms with Gasteiger partial charge in [0.25, 0.3) is 0 Å². The van der Waals surface area contributed by atoms with Crippen molar-refractivity contribution in [3.8, 4) is 0 Å². The molecule has 2 heterocycles. The first kappa shape index (κ1) is 9.37. The fourth-order valence-electron chi connectivity index (χ4n) is 1.30. The molecule has 0 atom stereocenters. The van der Waals surface area contributed by atoms with Gasteiger partial charge in [0.1, 0.15) is 13.2 Å². The number of hydrogen-bond donors (Lipinski definition) is 0. The molecule has 1 saturated heterocycles. The van der Waals surface area contributed by atoms with Crippen molar-refractivity contribution in [1.82, 2.24) is 4.58 Å². The summed E-state index contributed by atoms with van der Waals surface area (Å²) in [6.45, 7) is 8.25. The maximum atomic E-state index is 5.33. The summed E-state index contributed by atoms with van der Waals surface area (Å²) in [5, 5.41) is 0. The average molecular weight is 216 g/mol. The second kappa shape index (κ2) is 3.90. The van der Waals surface area contributed by atoms with Gasteiger partial charge < -0.3 is 4.74 Å². The molecule has 1 aromatic rings. The van der Waals surface area contributed by atoms with Crippen LogP contribution in [0.1, 0.15) is 9.75 Å². The molecular formula is C9H14NOS2+. The Kier molecular flexibility index (Phi) is 2.81. The highest BCUT2D eigenvalue weighted by Crippen LogP contribution is 2.13. The summed E-state index contributed by atoms with van der Waals surface area (Å²) >= 11 is 3.82. The lowest BCUT2D eigenvalue weighted by Crippen LogP contribution is -2.37. The lowest BCUT2D eigenvalue weighted by atomic mass is 10.5. The Balaban J connectivity index is 2.40. The molecule has 0 amide bonds. The van der Waals surface area contributed by atoms with Gasteiger partial charge in [-0.3, -0.25) is 0 Å². The monoisotopic (exact) mass is 216 g/mol. The third-order valence-corrected chi connectivity index (χ3v) is 4.97. The van der Waals surface area contributed by atoms with Gasteiger partial charge in [-0.15, -0.1) is 0 Å². The maximum absolute atomic E-state index is 5.33. The van der Waals surface area contributed by atoms with Gasteiger partial charge in [-0.1, -0.05) is 22.7 Å². The number of aryl methyl sites for hydroxylation is 2. The number of ether oxygens (including phenoxy) is 1. The van der Waals surface area contributed by atoms with Gasteiger partial charge >= 0.3 is 3.98 Å². The molecule has 1 aliphatic rings. The first-order chi connectivity index (χ1) is 6.27. The maximum Gasteiger partial charge on any atom is 0.314 e. The predicted molar refractivity (Wildman–Crippen MR) is 57.5 cm³/mol. The smallest absolute Gasteiger partial charge is 0.314 e. The molecule has 0 aromatic carbocycles. The zero-order chi connectivity index (χ0) is 9.26. The largest absolute Gasteiger partial charge is 0.368 e. The minimum absolute atomic E-state index is 0.878. The molecule has 0 saturated carbocycles. The number of morpholine rings is 1. The molecule has 2 rings (SSSR count). The van der Waals surface area contributed by atoms with E-state index in [0.29, 0.717) is 0 Å². The molecule has 4 heteroatoms. The minimum Gasteiger partial charge on any atom is -0.368 e. The van der Waals surface area contributed by atoms with Crippen molar-refractivity contribution in [1.29, 1.82) is 0 Å². The van der Waals surface area contributed by atoms with E-state index >= 15 is 0 Å². The Labute approximate surface area is 86.1 Å². The van der Waals surface area contributed by atoms with Crippen LogP contribution in [-0.4, -0.2) is 26.3 Å². The second-order valence-corrected chi connectivity index (χ2v) is 5.85. The van der Waals surface area contributed by atoms with E-state index in [9.17, 15) is 0 Å². The van der Waals surface area contributed by atoms with Crippen LogP contribution in [0, 0.1) is 13.8 Å². The number of rotatable bonds is 0. The molecule has 13 heavy (non-hydrogen) atoms. The molecule has 0 spiro atoms. The second-order valence-electron chi connectivity index (χ2n) is 3.18. The Hall–Kier alpha value is -0.190. The van der Waals surface area contributed by atoms with E-state index in [2.05, 4.69) is 18.4 Å². The highest BCUT2D eigenvalue weighted by Gasteiger charge is 2.14. The lowest BCUT2D eigenvalue weighted by Gasteiger charge is -2.08. The molecule has 2 nitrogen and oxygen atoms in total. The molecule has 1 fully saturated rings. The van der Waals surface area contributed by atoms with E-state index in [-0.39, 0.29) is 0 Å². The van der Waals surface area contributed by atoms with Gasteiger partial charge in [0.05, 0.1) is 0 Å². The number of nitrogens with zero attached hydrogens (tertiary/aromatic N) is 1. The minimum atomic E-state index is 0.878. The average Bonchev–Trinajstić information content (AvgIpc) is 2.49. The van der Waals surface area contributed by atoms with E-state index in [1.54, 1.807) is 0 Å². The fourth-order valence-corrected chi connectivity index (χ4v) is 3.90. The normalized spacial score (nSPS) is 17.8. The molecule has 0 aliphatic carbocycles. The Bertz CT molecular complexity index is 333. The Morgan fingerprint density at radius 3 is 2.15 bits per heavy atom. The van der Waals surface area contributed by atoms with Crippen molar-refractivity contribution in [2.75, 3.05) is 26.3 Å². The summed E-state index contributed by atoms with van der Waals surface area (Å²) in [6, 6.07) is 0. The van der Waals surface area contributed by atoms with Crippen LogP contribution in [0.25, 0.3) is 0 Å². The van der Waals surface area contributed by atoms with E-state index in [0.717, 1.165) is 26.3 Å². The van der Waals surface area contributed by atoms with Crippen molar-refractivity contribution in [2.45, 2.75) is 13.8 Å². The molecule has 0 bridgehead atoms. The topological polar surface area (TPSA) is 12.2 Å². The van der Waals surface area contributed by atoms with Gasteiger partial charge in [-0.05, 0) is 13.8 Å². The summed E-state index contributed by atoms with van der Waals surface area (Å²) in [5.41, 5.74) is 0. The highest BCUT2D eigenvalue weighted by atomic mass is 32.2. The molecule has 1 aliphatic heterocycles. The molecule has 0 N–H and O–H groups in total. The molecule has 0 radical (unpaired) electrons. The van der Waals surface area contributed by atoms with Crippen LogP contribution in [0.5, 0.6) is 0 Å². The molecule has 1 aromatic heterocycles. The van der Waals surface area contributed by atoms with E-state index < -0.39 is 0 Å². The van der Waals surface area contributed by atoms with Gasteiger partial charge in [0.15, 0.2) is 13.1 Å². The van der Waals surface area contributed by atoms with Crippen LogP contribution in [0.4, 0.5) is 0 Å². The van der Waals surface area contributed by atoms with Crippen molar-refractivity contribution >= 4 is 22.7 Å². The van der Waals surface area contributed by atoms with Crippen LogP contribution in [0.2, 0.25) is 0 Å². The Morgan fingerprint density at radius 2 is 1.62 bits per heavy atom. The van der Waals surface area contributed by atoms with Crippen LogP contribution in [-0.2, 0) is 4.74 Å². The van der Waals surface area contributed by atoms with Gasteiger partial charge in [-0.2, -0.15) is 0 Å². The van der Waals surface area contributed by atoms with Gasteiger partial charge in [-0.25, -0.2) is 4.58 Å². The van der Waals surface area contributed by atoms with Gasteiger partial charge in [0, 0.05) is 9.75 Å². The van der Waals surface area contributed by atoms with E-state index in [4.69, 9.17) is 4.74 Å². The molecule has 72 valence electrons. The fraction of sp³-hybridized carbons (Fsp3) is 0.667. The lowest BCUT2D eigenvalue weighted by molar-refractivity contribution is 0.0976. The first-order valence-electron chi connectivity index (χ1n) is 4.50. The quantitative estimate of drug-likeness (QED) is 0.594. The van der Waals surface area contributed by atoms with Crippen LogP contribution < -0.4 is 8.56 Å². The van der Waals surface area contributed by atoms with Crippen molar-refractivity contribution < 1.29 is 4.74 Å². The zero-order valence-corrected chi connectivity index (χ0v) is 9.63. The number of hydrogen-bond acceptors (Lipinski definition) is 3. The summed E-state index contributed by atoms with van der Waals surface area (Å²) in [7, 11) is 0. The van der Waals surface area contributed by atoms with Crippen molar-refractivity contribution in [2.24, 2.45) is 0 Å². The third kappa shape index (κ3) is 2.00. The summed E-state index contributed by atoms with van der Waals surface area (Å²) in [4.78, 5) is 2.90. The van der Waals surface area contributed by atoms with Crippen LogP contribution in [0.3, 0.4) is 0 Å².